The molecule has 0 amide bonds. The number of rotatable bonds is 5. The van der Waals surface area contributed by atoms with Gasteiger partial charge < -0.3 is 10.2 Å². The molecule has 0 aliphatic heterocycles. The summed E-state index contributed by atoms with van der Waals surface area (Å²) >= 11 is 0. The van der Waals surface area contributed by atoms with Crippen LogP contribution in [0, 0.1) is 5.92 Å². The van der Waals surface area contributed by atoms with Crippen LogP contribution in [-0.4, -0.2) is 30.8 Å². The zero-order valence-corrected chi connectivity index (χ0v) is 10.8. The Kier molecular flexibility index (Phi) is 4.31. The summed E-state index contributed by atoms with van der Waals surface area (Å²) in [6.07, 6.45) is 5.53. The highest BCUT2D eigenvalue weighted by Crippen LogP contribution is 2.26. The van der Waals surface area contributed by atoms with Gasteiger partial charge in [-0.1, -0.05) is 12.8 Å². The van der Waals surface area contributed by atoms with Crippen molar-refractivity contribution in [2.45, 2.75) is 32.2 Å². The molecule has 0 spiro atoms. The third-order valence-corrected chi connectivity index (χ3v) is 3.46. The molecule has 2 rings (SSSR count). The van der Waals surface area contributed by atoms with Crippen LogP contribution < -0.4 is 10.2 Å². The minimum absolute atomic E-state index is 0.777. The molecule has 94 valence electrons. The molecule has 1 N–H and O–H groups in total. The highest BCUT2D eigenvalue weighted by atomic mass is 15.2. The molecule has 0 radical (unpaired) electrons. The minimum Gasteiger partial charge on any atom is -0.358 e. The van der Waals surface area contributed by atoms with E-state index in [9.17, 15) is 0 Å². The molecule has 17 heavy (non-hydrogen) atoms. The fraction of sp³-hybridized carbons (Fsp3) is 0.692. The summed E-state index contributed by atoms with van der Waals surface area (Å²) in [7, 11) is 4.03. The Morgan fingerprint density at radius 2 is 2.06 bits per heavy atom. The average molecular weight is 234 g/mol. The van der Waals surface area contributed by atoms with Gasteiger partial charge in [0.1, 0.15) is 0 Å². The standard InChI is InChI=1S/C13H22N4/c1-14-9-12-7-8-13(16-15-12)17(2)10-11-5-3-4-6-11/h7-8,11,14H,3-6,9-10H2,1-2H3. The molecule has 4 nitrogen and oxygen atoms in total. The summed E-state index contributed by atoms with van der Waals surface area (Å²) in [6.45, 7) is 1.89. The molecule has 0 saturated heterocycles. The second-order valence-corrected chi connectivity index (χ2v) is 4.94. The Labute approximate surface area is 103 Å². The van der Waals surface area contributed by atoms with Crippen LogP contribution in [0.25, 0.3) is 0 Å². The smallest absolute Gasteiger partial charge is 0.150 e. The van der Waals surface area contributed by atoms with Gasteiger partial charge in [-0.05, 0) is 37.9 Å². The first-order valence-electron chi connectivity index (χ1n) is 6.48. The van der Waals surface area contributed by atoms with E-state index in [2.05, 4.69) is 33.5 Å². The summed E-state index contributed by atoms with van der Waals surface area (Å²) in [6, 6.07) is 4.11. The molecule has 0 unspecified atom stereocenters. The van der Waals surface area contributed by atoms with Crippen molar-refractivity contribution in [3.05, 3.63) is 17.8 Å². The van der Waals surface area contributed by atoms with Crippen LogP contribution in [0.2, 0.25) is 0 Å². The molecule has 1 aliphatic carbocycles. The first-order valence-corrected chi connectivity index (χ1v) is 6.48. The molecule has 0 aromatic carbocycles. The molecule has 1 fully saturated rings. The van der Waals surface area contributed by atoms with Crippen molar-refractivity contribution in [3.8, 4) is 0 Å². The van der Waals surface area contributed by atoms with Gasteiger partial charge in [-0.3, -0.25) is 0 Å². The van der Waals surface area contributed by atoms with Crippen LogP contribution in [0.15, 0.2) is 12.1 Å². The van der Waals surface area contributed by atoms with Gasteiger partial charge in [-0.2, -0.15) is 5.10 Å². The molecule has 1 aromatic heterocycles. The number of hydrogen-bond acceptors (Lipinski definition) is 4. The van der Waals surface area contributed by atoms with Crippen molar-refractivity contribution in [1.29, 1.82) is 0 Å². The molecule has 1 saturated carbocycles. The lowest BCUT2D eigenvalue weighted by Gasteiger charge is -2.21. The highest BCUT2D eigenvalue weighted by molar-refractivity contribution is 5.36. The maximum Gasteiger partial charge on any atom is 0.150 e. The summed E-state index contributed by atoms with van der Waals surface area (Å²) in [5, 5.41) is 11.6. The van der Waals surface area contributed by atoms with Crippen molar-refractivity contribution < 1.29 is 0 Å². The number of nitrogens with one attached hydrogen (secondary N) is 1. The Morgan fingerprint density at radius 1 is 1.29 bits per heavy atom. The zero-order chi connectivity index (χ0) is 12.1. The van der Waals surface area contributed by atoms with Crippen LogP contribution >= 0.6 is 0 Å². The topological polar surface area (TPSA) is 41.0 Å². The van der Waals surface area contributed by atoms with Crippen LogP contribution in [0.1, 0.15) is 31.4 Å². The molecule has 1 heterocycles. The van der Waals surface area contributed by atoms with Gasteiger partial charge in [0.05, 0.1) is 5.69 Å². The lowest BCUT2D eigenvalue weighted by molar-refractivity contribution is 0.543. The van der Waals surface area contributed by atoms with E-state index in [0.29, 0.717) is 0 Å². The number of nitrogens with zero attached hydrogens (tertiary/aromatic N) is 3. The number of hydrogen-bond donors (Lipinski definition) is 1. The third kappa shape index (κ3) is 3.40. The summed E-state index contributed by atoms with van der Waals surface area (Å²) in [5.74, 6) is 1.83. The lowest BCUT2D eigenvalue weighted by atomic mass is 10.1. The Balaban J connectivity index is 1.91. The van der Waals surface area contributed by atoms with Crippen molar-refractivity contribution in [3.63, 3.8) is 0 Å². The van der Waals surface area contributed by atoms with E-state index in [4.69, 9.17) is 0 Å². The maximum atomic E-state index is 4.28. The van der Waals surface area contributed by atoms with Crippen LogP contribution in [0.4, 0.5) is 5.82 Å². The molecule has 1 aliphatic rings. The van der Waals surface area contributed by atoms with E-state index < -0.39 is 0 Å². The molecular formula is C13H22N4. The molecule has 0 bridgehead atoms. The van der Waals surface area contributed by atoms with Crippen molar-refractivity contribution in [2.24, 2.45) is 5.92 Å². The van der Waals surface area contributed by atoms with Gasteiger partial charge in [0.25, 0.3) is 0 Å². The van der Waals surface area contributed by atoms with Gasteiger partial charge in [-0.15, -0.1) is 5.10 Å². The number of aromatic nitrogens is 2. The SMILES string of the molecule is CNCc1ccc(N(C)CC2CCCC2)nn1. The first-order chi connectivity index (χ1) is 8.29. The van der Waals surface area contributed by atoms with E-state index >= 15 is 0 Å². The van der Waals surface area contributed by atoms with Gasteiger partial charge in [0.2, 0.25) is 0 Å². The quantitative estimate of drug-likeness (QED) is 0.844. The fourth-order valence-electron chi connectivity index (χ4n) is 2.51. The largest absolute Gasteiger partial charge is 0.358 e. The van der Waals surface area contributed by atoms with Crippen LogP contribution in [0.3, 0.4) is 0 Å². The highest BCUT2D eigenvalue weighted by Gasteiger charge is 2.17. The Bertz CT molecular complexity index is 330. The van der Waals surface area contributed by atoms with E-state index in [-0.39, 0.29) is 0 Å². The predicted molar refractivity (Wildman–Crippen MR) is 70.0 cm³/mol. The van der Waals surface area contributed by atoms with Crippen LogP contribution in [0.5, 0.6) is 0 Å². The summed E-state index contributed by atoms with van der Waals surface area (Å²) < 4.78 is 0. The monoisotopic (exact) mass is 234 g/mol. The second-order valence-electron chi connectivity index (χ2n) is 4.94. The first kappa shape index (κ1) is 12.3. The van der Waals surface area contributed by atoms with E-state index in [0.717, 1.165) is 30.5 Å². The van der Waals surface area contributed by atoms with Gasteiger partial charge >= 0.3 is 0 Å². The second kappa shape index (κ2) is 5.96. The van der Waals surface area contributed by atoms with Gasteiger partial charge in [0, 0.05) is 20.1 Å². The Hall–Kier alpha value is -1.16. The number of anilines is 1. The van der Waals surface area contributed by atoms with Crippen molar-refractivity contribution >= 4 is 5.82 Å². The summed E-state index contributed by atoms with van der Waals surface area (Å²) in [5.41, 5.74) is 0.991. The minimum atomic E-state index is 0.777. The van der Waals surface area contributed by atoms with Crippen molar-refractivity contribution in [1.82, 2.24) is 15.5 Å². The van der Waals surface area contributed by atoms with Crippen molar-refractivity contribution in [2.75, 3.05) is 25.5 Å². The van der Waals surface area contributed by atoms with E-state index in [1.165, 1.54) is 25.7 Å². The van der Waals surface area contributed by atoms with E-state index in [1.54, 1.807) is 0 Å². The molecule has 4 heteroatoms. The average Bonchev–Trinajstić information content (AvgIpc) is 2.83. The Morgan fingerprint density at radius 3 is 2.65 bits per heavy atom. The molecular weight excluding hydrogens is 212 g/mol. The predicted octanol–water partition coefficient (Wildman–Crippen LogP) is 1.82. The fourth-order valence-corrected chi connectivity index (χ4v) is 2.51. The lowest BCUT2D eigenvalue weighted by Crippen LogP contribution is -2.25. The molecule has 1 aromatic rings. The summed E-state index contributed by atoms with van der Waals surface area (Å²) in [4.78, 5) is 2.23. The van der Waals surface area contributed by atoms with Gasteiger partial charge in [0.15, 0.2) is 5.82 Å². The van der Waals surface area contributed by atoms with Gasteiger partial charge in [-0.25, -0.2) is 0 Å². The normalized spacial score (nSPS) is 16.4. The zero-order valence-electron chi connectivity index (χ0n) is 10.8. The van der Waals surface area contributed by atoms with Crippen LogP contribution in [-0.2, 0) is 6.54 Å². The molecule has 0 atom stereocenters. The van der Waals surface area contributed by atoms with E-state index in [1.807, 2.05) is 13.1 Å². The maximum absolute atomic E-state index is 4.28. The third-order valence-electron chi connectivity index (χ3n) is 3.46.